The Kier molecular flexibility index (Phi) is 24.3. The number of nitrogens with one attached hydrogen (secondary N) is 3. The van der Waals surface area contributed by atoms with Crippen LogP contribution >= 0.6 is 37.7 Å². The zero-order valence-electron chi connectivity index (χ0n) is 39.9. The fourth-order valence-corrected chi connectivity index (χ4v) is 10.2. The third kappa shape index (κ3) is 18.6. The lowest BCUT2D eigenvalue weighted by molar-refractivity contribution is -0.143. The first-order valence-corrected chi connectivity index (χ1v) is 24.6. The van der Waals surface area contributed by atoms with Gasteiger partial charge in [0.05, 0.1) is 4.75 Å². The Morgan fingerprint density at radius 2 is 0.708 bits per heavy atom. The Morgan fingerprint density at radius 1 is 0.472 bits per heavy atom. The second-order valence-corrected chi connectivity index (χ2v) is 20.4. The summed E-state index contributed by atoms with van der Waals surface area (Å²) < 4.78 is 17.3. The maximum Gasteiger partial charge on any atom is 0.327 e. The number of carbonyl (C=O) groups is 5. The number of carbonyl (C=O) groups excluding carboxylic acids is 2. The van der Waals surface area contributed by atoms with Crippen LogP contribution in [0, 0.1) is 4.78 Å². The first-order chi connectivity index (χ1) is 33.8. The molecule has 8 N–H and O–H groups in total. The van der Waals surface area contributed by atoms with E-state index in [-0.39, 0.29) is 31.2 Å². The lowest BCUT2D eigenvalue weighted by Gasteiger charge is -2.42. The predicted molar refractivity (Wildman–Crippen MR) is 291 cm³/mol. The van der Waals surface area contributed by atoms with E-state index >= 15 is 0 Å². The zero-order chi connectivity index (χ0) is 52.0. The highest BCUT2D eigenvalue weighted by Gasteiger charge is 2.42. The fourth-order valence-electron chi connectivity index (χ4n) is 8.21. The number of halogens is 1. The van der Waals surface area contributed by atoms with Crippen LogP contribution in [-0.2, 0) is 77.3 Å². The number of hydrogen-bond acceptors (Lipinski definition) is 11. The molecule has 0 aliphatic carbocycles. The van der Waals surface area contributed by atoms with Crippen LogP contribution in [0.4, 0.5) is 0 Å². The second-order valence-electron chi connectivity index (χ2n) is 17.3. The highest BCUT2D eigenvalue weighted by Crippen LogP contribution is 2.32. The van der Waals surface area contributed by atoms with E-state index in [1.807, 2.05) is 133 Å². The third-order valence-corrected chi connectivity index (χ3v) is 14.0. The summed E-state index contributed by atoms with van der Waals surface area (Å²) in [7, 11) is -2.28. The molecule has 0 aliphatic heterocycles. The summed E-state index contributed by atoms with van der Waals surface area (Å²) in [6.45, 7) is 2.52. The summed E-state index contributed by atoms with van der Waals surface area (Å²) >= 11 is 9.42. The Balaban J connectivity index is 0.000000285. The fraction of sp³-hybridized carbons (Fsp3) is 0.255. The number of nitrogens with two attached hydrogens (primary N) is 1. The van der Waals surface area contributed by atoms with E-state index in [9.17, 15) is 43.5 Å². The van der Waals surface area contributed by atoms with Crippen molar-refractivity contribution in [2.45, 2.75) is 84.7 Å². The maximum absolute atomic E-state index is 12.6. The van der Waals surface area contributed by atoms with Crippen LogP contribution in [0.5, 0.6) is 0 Å². The van der Waals surface area contributed by atoms with E-state index < -0.39 is 66.8 Å². The quantitative estimate of drug-likeness (QED) is 0.0247. The van der Waals surface area contributed by atoms with Crippen LogP contribution in [0.3, 0.4) is 0 Å². The van der Waals surface area contributed by atoms with Crippen LogP contribution in [0.15, 0.2) is 182 Å². The largest absolute Gasteiger partial charge is 0.480 e. The molecule has 72 heavy (non-hydrogen) atoms. The molecule has 0 radical (unpaired) electrons. The van der Waals surface area contributed by atoms with Crippen molar-refractivity contribution >= 4 is 78.0 Å². The molecule has 0 bridgehead atoms. The van der Waals surface area contributed by atoms with Gasteiger partial charge >= 0.3 is 17.9 Å². The first kappa shape index (κ1) is 59.9. The summed E-state index contributed by atoms with van der Waals surface area (Å²) in [5.74, 6) is -4.37. The third-order valence-electron chi connectivity index (χ3n) is 11.6. The van der Waals surface area contributed by atoms with Gasteiger partial charge in [0.15, 0.2) is 0 Å². The molecule has 0 aliphatic rings. The summed E-state index contributed by atoms with van der Waals surface area (Å²) in [6, 6.07) is 53.0. The zero-order valence-corrected chi connectivity index (χ0v) is 43.3. The van der Waals surface area contributed by atoms with E-state index in [2.05, 4.69) is 23.3 Å². The molecule has 0 fully saturated rings. The van der Waals surface area contributed by atoms with E-state index in [0.717, 1.165) is 33.4 Å². The SMILES string of the molecule is CC(=O)NC(C(=O)O)C(Cc1ccccc1)(Cc1ccccc1)[S-](=N)=O.CC(=O)NC(C(=O)O)C(S)(Cc1ccccc1)Cc1ccccc1.Cl.NC(C(=O)O)C(S)(Cc1ccccc1)Cc1ccccc1. The lowest BCUT2D eigenvalue weighted by Crippen LogP contribution is -2.59. The minimum absolute atomic E-state index is 0. The van der Waals surface area contributed by atoms with Crippen molar-refractivity contribution in [3.63, 3.8) is 0 Å². The number of thiol groups is 2. The summed E-state index contributed by atoms with van der Waals surface area (Å²) in [4.78, 5) is 58.2. The van der Waals surface area contributed by atoms with Gasteiger partial charge in [-0.3, -0.25) is 19.2 Å². The topological polar surface area (TPSA) is 237 Å². The number of carboxylic acid groups (broad SMARTS) is 3. The molecule has 0 aromatic heterocycles. The van der Waals surface area contributed by atoms with Gasteiger partial charge in [0.1, 0.15) is 18.1 Å². The van der Waals surface area contributed by atoms with Crippen molar-refractivity contribution < 1.29 is 43.5 Å². The van der Waals surface area contributed by atoms with E-state index in [4.69, 9.17) is 23.1 Å². The molecule has 2 amide bonds. The number of carboxylic acids is 3. The molecule has 0 saturated carbocycles. The van der Waals surface area contributed by atoms with Crippen LogP contribution in [0.25, 0.3) is 0 Å². The second kappa shape index (κ2) is 29.2. The van der Waals surface area contributed by atoms with Gasteiger partial charge in [0.2, 0.25) is 11.8 Å². The summed E-state index contributed by atoms with van der Waals surface area (Å²) in [6.07, 6.45) is 2.00. The Morgan fingerprint density at radius 3 is 0.931 bits per heavy atom. The van der Waals surface area contributed by atoms with Crippen molar-refractivity contribution in [3.8, 4) is 0 Å². The van der Waals surface area contributed by atoms with Gasteiger partial charge in [-0.15, -0.1) is 12.4 Å². The minimum atomic E-state index is -2.28. The number of aliphatic carboxylic acids is 3. The number of hydrogen-bond donors (Lipinski definition) is 9. The highest BCUT2D eigenvalue weighted by molar-refractivity contribution is 7.82. The molecule has 0 heterocycles. The molecule has 6 rings (SSSR count). The van der Waals surface area contributed by atoms with E-state index in [0.29, 0.717) is 25.7 Å². The molecule has 3 unspecified atom stereocenters. The summed E-state index contributed by atoms with van der Waals surface area (Å²) in [5, 5.41) is 33.6. The first-order valence-electron chi connectivity index (χ1n) is 22.6. The van der Waals surface area contributed by atoms with Crippen molar-refractivity contribution in [1.29, 1.82) is 4.78 Å². The molecular weight excluding hydrogens is 992 g/mol. The van der Waals surface area contributed by atoms with Gasteiger partial charge in [-0.2, -0.15) is 35.9 Å². The van der Waals surface area contributed by atoms with E-state index in [1.54, 1.807) is 48.5 Å². The number of benzene rings is 6. The molecule has 6 aromatic carbocycles. The number of rotatable bonds is 21. The molecule has 13 nitrogen and oxygen atoms in total. The average Bonchev–Trinajstić information content (AvgIpc) is 3.34. The van der Waals surface area contributed by atoms with Gasteiger partial charge in [-0.1, -0.05) is 182 Å². The minimum Gasteiger partial charge on any atom is -0.480 e. The Hall–Kier alpha value is -6.43. The molecular formula is C55H62ClN4O9S3-. The van der Waals surface area contributed by atoms with Gasteiger partial charge in [-0.25, -0.2) is 4.79 Å². The van der Waals surface area contributed by atoms with Crippen LogP contribution < -0.4 is 16.4 Å². The van der Waals surface area contributed by atoms with Gasteiger partial charge in [0, 0.05) is 18.6 Å². The monoisotopic (exact) mass is 1050 g/mol. The van der Waals surface area contributed by atoms with E-state index in [1.165, 1.54) is 13.8 Å². The van der Waals surface area contributed by atoms with Crippen molar-refractivity contribution in [3.05, 3.63) is 215 Å². The lowest BCUT2D eigenvalue weighted by atomic mass is 9.85. The molecule has 6 aromatic rings. The predicted octanol–water partition coefficient (Wildman–Crippen LogP) is 8.23. The van der Waals surface area contributed by atoms with Gasteiger partial charge in [0.25, 0.3) is 0 Å². The molecule has 3 atom stereocenters. The molecule has 17 heteroatoms. The van der Waals surface area contributed by atoms with Crippen LogP contribution in [0.2, 0.25) is 0 Å². The standard InChI is InChI=1S/C19H21N2O4S.C19H21NO3S.C17H19NO2S.ClH/c1-14(22)21-17(18(23)24)19(26(20)25,12-15-8-4-2-5-9-15)13-16-10-6-3-7-11-16;1-14(21)20-17(18(22)23)19(24,12-15-8-4-2-5-9-15)13-16-10-6-3-7-11-16;18-15(16(19)20)17(21,11-13-7-3-1-4-8-13)12-14-9-5-2-6-10-14;/h2-11,17,20H,12-13H2,1H3,(H,21,22)(H,23,24);2-11,17,24H,12-13H2,1H3,(H,20,21)(H,22,23);1-10,15,21H,11-12,18H2,(H,19,20);1H/q-1;;;. The van der Waals surface area contributed by atoms with Gasteiger partial charge < -0.3 is 40.7 Å². The Labute approximate surface area is 440 Å². The average molecular weight is 1050 g/mol. The van der Waals surface area contributed by atoms with Gasteiger partial charge in [-0.05, 0) is 76.7 Å². The van der Waals surface area contributed by atoms with Crippen LogP contribution in [0.1, 0.15) is 47.2 Å². The summed E-state index contributed by atoms with van der Waals surface area (Å²) in [5.41, 5.74) is 11.4. The molecule has 0 saturated heterocycles. The molecule has 382 valence electrons. The van der Waals surface area contributed by atoms with Crippen molar-refractivity contribution in [1.82, 2.24) is 10.6 Å². The normalized spacial score (nSPS) is 12.4. The maximum atomic E-state index is 12.6. The van der Waals surface area contributed by atoms with Crippen molar-refractivity contribution in [2.24, 2.45) is 5.73 Å². The smallest absolute Gasteiger partial charge is 0.327 e. The van der Waals surface area contributed by atoms with Crippen LogP contribution in [-0.4, -0.2) is 77.4 Å². The number of amides is 2. The van der Waals surface area contributed by atoms with Crippen molar-refractivity contribution in [2.75, 3.05) is 0 Å². The Bertz CT molecular complexity index is 2580. The highest BCUT2D eigenvalue weighted by atomic mass is 35.5. The molecule has 0 spiro atoms.